The van der Waals surface area contributed by atoms with Gasteiger partial charge in [-0.2, -0.15) is 0 Å². The number of para-hydroxylation sites is 2. The molecule has 0 fully saturated rings. The van der Waals surface area contributed by atoms with Crippen LogP contribution in [0, 0.1) is 6.92 Å². The van der Waals surface area contributed by atoms with Gasteiger partial charge in [0.1, 0.15) is 0 Å². The van der Waals surface area contributed by atoms with Crippen molar-refractivity contribution in [3.05, 3.63) is 65.1 Å². The quantitative estimate of drug-likeness (QED) is 0.745. The summed E-state index contributed by atoms with van der Waals surface area (Å²) in [5.41, 5.74) is 3.30. The number of anilines is 1. The minimum atomic E-state index is -0.329. The molecule has 0 atom stereocenters. The van der Waals surface area contributed by atoms with Crippen LogP contribution in [0.25, 0.3) is 11.0 Å². The average molecular weight is 335 g/mol. The number of carbonyl (C=O) groups is 2. The van der Waals surface area contributed by atoms with Crippen LogP contribution >= 0.6 is 11.8 Å². The second-order valence-corrected chi connectivity index (χ2v) is 6.52. The van der Waals surface area contributed by atoms with E-state index in [0.717, 1.165) is 16.6 Å². The largest absolute Gasteiger partial charge is 0.333 e. The Labute approximate surface area is 142 Å². The molecule has 0 aliphatic carbocycles. The number of hydrogen-bond acceptors (Lipinski definition) is 4. The van der Waals surface area contributed by atoms with Crippen LogP contribution in [0.5, 0.6) is 0 Å². The van der Waals surface area contributed by atoms with E-state index in [0.29, 0.717) is 15.7 Å². The zero-order valence-corrected chi connectivity index (χ0v) is 13.6. The highest BCUT2D eigenvalue weighted by atomic mass is 32.2. The minimum Gasteiger partial charge on any atom is -0.333 e. The number of hydrogen-bond donors (Lipinski definition) is 1. The molecule has 1 N–H and O–H groups in total. The molecule has 2 amide bonds. The normalized spacial score (nSPS) is 14.5. The molecule has 0 radical (unpaired) electrons. The number of aromatic nitrogens is 2. The molecule has 4 rings (SSSR count). The molecular weight excluding hydrogens is 322 g/mol. The van der Waals surface area contributed by atoms with Gasteiger partial charge >= 0.3 is 0 Å². The highest BCUT2D eigenvalue weighted by Gasteiger charge is 2.33. The lowest BCUT2D eigenvalue weighted by Gasteiger charge is -2.14. The number of rotatable bonds is 3. The highest BCUT2D eigenvalue weighted by molar-refractivity contribution is 8.04. The molecule has 0 unspecified atom stereocenters. The van der Waals surface area contributed by atoms with E-state index < -0.39 is 0 Å². The first-order chi connectivity index (χ1) is 11.6. The zero-order chi connectivity index (χ0) is 16.7. The molecule has 0 saturated heterocycles. The van der Waals surface area contributed by atoms with Gasteiger partial charge in [-0.1, -0.05) is 24.3 Å². The van der Waals surface area contributed by atoms with E-state index in [1.807, 2.05) is 49.4 Å². The van der Waals surface area contributed by atoms with Crippen LogP contribution in [0.4, 0.5) is 5.69 Å². The number of H-pyrrole nitrogens is 1. The predicted octanol–water partition coefficient (Wildman–Crippen LogP) is 3.42. The molecule has 24 heavy (non-hydrogen) atoms. The summed E-state index contributed by atoms with van der Waals surface area (Å²) in [6.45, 7) is 1.92. The Hall–Kier alpha value is -2.86. The Morgan fingerprint density at radius 2 is 1.92 bits per heavy atom. The van der Waals surface area contributed by atoms with Crippen LogP contribution < -0.4 is 4.90 Å². The summed E-state index contributed by atoms with van der Waals surface area (Å²) in [7, 11) is 0. The van der Waals surface area contributed by atoms with E-state index in [1.165, 1.54) is 22.7 Å². The third-order valence-electron chi connectivity index (χ3n) is 3.72. The Bertz CT molecular complexity index is 973. The van der Waals surface area contributed by atoms with Crippen molar-refractivity contribution in [2.24, 2.45) is 0 Å². The fraction of sp³-hybridized carbons (Fsp3) is 0.0556. The van der Waals surface area contributed by atoms with Crippen LogP contribution in [0.15, 0.2) is 64.7 Å². The summed E-state index contributed by atoms with van der Waals surface area (Å²) in [4.78, 5) is 34.0. The van der Waals surface area contributed by atoms with Gasteiger partial charge < -0.3 is 4.98 Å². The molecule has 1 aliphatic rings. The lowest BCUT2D eigenvalue weighted by atomic mass is 10.2. The van der Waals surface area contributed by atoms with E-state index in [-0.39, 0.29) is 11.8 Å². The predicted molar refractivity (Wildman–Crippen MR) is 93.7 cm³/mol. The van der Waals surface area contributed by atoms with Gasteiger partial charge in [0.05, 0.1) is 21.6 Å². The van der Waals surface area contributed by atoms with E-state index >= 15 is 0 Å². The summed E-state index contributed by atoms with van der Waals surface area (Å²) < 4.78 is 0. The molecule has 0 spiro atoms. The van der Waals surface area contributed by atoms with Crippen molar-refractivity contribution in [3.63, 3.8) is 0 Å². The maximum atomic E-state index is 12.6. The number of fused-ring (bicyclic) bond motifs is 1. The number of benzene rings is 2. The van der Waals surface area contributed by atoms with E-state index in [1.54, 1.807) is 6.07 Å². The van der Waals surface area contributed by atoms with Crippen LogP contribution in [0.3, 0.4) is 0 Å². The van der Waals surface area contributed by atoms with Crippen LogP contribution in [-0.2, 0) is 9.59 Å². The number of nitrogens with zero attached hydrogens (tertiary/aromatic N) is 2. The van der Waals surface area contributed by atoms with E-state index in [4.69, 9.17) is 0 Å². The second-order valence-electron chi connectivity index (χ2n) is 5.49. The Kier molecular flexibility index (Phi) is 3.46. The van der Waals surface area contributed by atoms with E-state index in [9.17, 15) is 9.59 Å². The fourth-order valence-corrected chi connectivity index (χ4v) is 3.47. The first kappa shape index (κ1) is 14.7. The molecule has 1 aromatic heterocycles. The minimum absolute atomic E-state index is 0.323. The fourth-order valence-electron chi connectivity index (χ4n) is 2.62. The number of imidazole rings is 1. The van der Waals surface area contributed by atoms with Gasteiger partial charge in [-0.15, -0.1) is 0 Å². The zero-order valence-electron chi connectivity index (χ0n) is 12.8. The van der Waals surface area contributed by atoms with Crippen molar-refractivity contribution in [3.8, 4) is 0 Å². The molecule has 6 heteroatoms. The monoisotopic (exact) mass is 335 g/mol. The van der Waals surface area contributed by atoms with Crippen molar-refractivity contribution in [2.75, 3.05) is 4.90 Å². The van der Waals surface area contributed by atoms with Gasteiger partial charge in [0.25, 0.3) is 11.8 Å². The summed E-state index contributed by atoms with van der Waals surface area (Å²) >= 11 is 1.17. The van der Waals surface area contributed by atoms with Gasteiger partial charge in [-0.05, 0) is 48.5 Å². The number of thioether (sulfide) groups is 1. The number of aryl methyl sites for hydroxylation is 1. The Morgan fingerprint density at radius 3 is 2.71 bits per heavy atom. The molecule has 5 nitrogen and oxygen atoms in total. The maximum absolute atomic E-state index is 12.6. The standard InChI is InChI=1S/C18H13N3O2S/c1-11-5-4-6-12(9-11)21-16(22)10-15(17(21)23)24-18-19-13-7-2-3-8-14(13)20-18/h2-10H,1H3,(H,19,20). The number of carbonyl (C=O) groups excluding carboxylic acids is 2. The summed E-state index contributed by atoms with van der Waals surface area (Å²) in [5.74, 6) is -0.653. The summed E-state index contributed by atoms with van der Waals surface area (Å²) in [6, 6.07) is 15.0. The van der Waals surface area contributed by atoms with Crippen LogP contribution in [-0.4, -0.2) is 21.8 Å². The first-order valence-electron chi connectivity index (χ1n) is 7.41. The Balaban J connectivity index is 1.62. The van der Waals surface area contributed by atoms with Crippen LogP contribution in [0.1, 0.15) is 5.56 Å². The third-order valence-corrected chi connectivity index (χ3v) is 4.62. The summed E-state index contributed by atoms with van der Waals surface area (Å²) in [6.07, 6.45) is 1.36. The summed E-state index contributed by atoms with van der Waals surface area (Å²) in [5, 5.41) is 0.592. The van der Waals surface area contributed by atoms with Crippen molar-refractivity contribution < 1.29 is 9.59 Å². The molecule has 118 valence electrons. The van der Waals surface area contributed by atoms with Crippen LogP contribution in [0.2, 0.25) is 0 Å². The molecule has 2 heterocycles. The van der Waals surface area contributed by atoms with Gasteiger partial charge in [0.15, 0.2) is 5.16 Å². The molecule has 0 saturated carbocycles. The van der Waals surface area contributed by atoms with E-state index in [2.05, 4.69) is 9.97 Å². The van der Waals surface area contributed by atoms with Crippen molar-refractivity contribution >= 4 is 40.3 Å². The van der Waals surface area contributed by atoms with Crippen molar-refractivity contribution in [1.29, 1.82) is 0 Å². The highest BCUT2D eigenvalue weighted by Crippen LogP contribution is 2.33. The number of nitrogens with one attached hydrogen (secondary N) is 1. The van der Waals surface area contributed by atoms with Gasteiger partial charge in [-0.25, -0.2) is 9.88 Å². The molecule has 3 aromatic rings. The Morgan fingerprint density at radius 1 is 1.08 bits per heavy atom. The molecule has 0 bridgehead atoms. The number of amides is 2. The lowest BCUT2D eigenvalue weighted by molar-refractivity contribution is -0.120. The second kappa shape index (κ2) is 5.65. The lowest BCUT2D eigenvalue weighted by Crippen LogP contribution is -2.30. The van der Waals surface area contributed by atoms with Gasteiger partial charge in [-0.3, -0.25) is 9.59 Å². The first-order valence-corrected chi connectivity index (χ1v) is 8.23. The molecule has 2 aromatic carbocycles. The van der Waals surface area contributed by atoms with Gasteiger partial charge in [0, 0.05) is 6.08 Å². The maximum Gasteiger partial charge on any atom is 0.272 e. The smallest absolute Gasteiger partial charge is 0.272 e. The average Bonchev–Trinajstić information content (AvgIpc) is 3.08. The SMILES string of the molecule is Cc1cccc(N2C(=O)C=C(Sc3nc4ccccc4[nH]3)C2=O)c1. The third kappa shape index (κ3) is 2.51. The van der Waals surface area contributed by atoms with Crippen molar-refractivity contribution in [1.82, 2.24) is 9.97 Å². The molecular formula is C18H13N3O2S. The topological polar surface area (TPSA) is 66.1 Å². The number of imide groups is 1. The number of aromatic amines is 1. The van der Waals surface area contributed by atoms with Gasteiger partial charge in [0.2, 0.25) is 0 Å². The van der Waals surface area contributed by atoms with Crippen molar-refractivity contribution in [2.45, 2.75) is 12.1 Å². The molecule has 1 aliphatic heterocycles.